The highest BCUT2D eigenvalue weighted by molar-refractivity contribution is 7.87. The minimum atomic E-state index is -3.34. The summed E-state index contributed by atoms with van der Waals surface area (Å²) in [5.74, 6) is 0.887. The van der Waals surface area contributed by atoms with Crippen molar-refractivity contribution < 1.29 is 8.42 Å². The number of aromatic nitrogens is 2. The van der Waals surface area contributed by atoms with Gasteiger partial charge in [-0.1, -0.05) is 13.8 Å². The van der Waals surface area contributed by atoms with Gasteiger partial charge in [0.2, 0.25) is 0 Å². The van der Waals surface area contributed by atoms with Crippen LogP contribution >= 0.6 is 0 Å². The monoisotopic (exact) mass is 288 g/mol. The van der Waals surface area contributed by atoms with Gasteiger partial charge in [0.1, 0.15) is 5.82 Å². The maximum absolute atomic E-state index is 12.1. The van der Waals surface area contributed by atoms with E-state index in [1.165, 1.54) is 4.31 Å². The normalized spacial score (nSPS) is 12.2. The fourth-order valence-electron chi connectivity index (χ4n) is 1.83. The van der Waals surface area contributed by atoms with Crippen molar-refractivity contribution in [1.82, 2.24) is 19.0 Å². The SMILES string of the molecule is CCCN(CCC)S(=O)(=O)NCCCc1ncc[nH]1. The molecule has 7 heteroatoms. The van der Waals surface area contributed by atoms with Crippen molar-refractivity contribution in [2.45, 2.75) is 39.5 Å². The van der Waals surface area contributed by atoms with Gasteiger partial charge in [-0.15, -0.1) is 0 Å². The van der Waals surface area contributed by atoms with Crippen molar-refractivity contribution >= 4 is 10.2 Å². The first-order valence-electron chi connectivity index (χ1n) is 6.83. The Hall–Kier alpha value is -0.920. The van der Waals surface area contributed by atoms with Crippen LogP contribution in [0.2, 0.25) is 0 Å². The third kappa shape index (κ3) is 5.71. The van der Waals surface area contributed by atoms with E-state index in [0.29, 0.717) is 19.6 Å². The minimum Gasteiger partial charge on any atom is -0.349 e. The van der Waals surface area contributed by atoms with E-state index in [-0.39, 0.29) is 0 Å². The highest BCUT2D eigenvalue weighted by Gasteiger charge is 2.19. The van der Waals surface area contributed by atoms with Crippen LogP contribution < -0.4 is 4.72 Å². The molecule has 0 saturated heterocycles. The molecule has 0 unspecified atom stereocenters. The van der Waals surface area contributed by atoms with Crippen LogP contribution in [-0.4, -0.2) is 42.3 Å². The molecule has 0 saturated carbocycles. The van der Waals surface area contributed by atoms with E-state index in [1.54, 1.807) is 12.4 Å². The first kappa shape index (κ1) is 16.1. The fourth-order valence-corrected chi connectivity index (χ4v) is 3.26. The van der Waals surface area contributed by atoms with Gasteiger partial charge in [-0.3, -0.25) is 0 Å². The maximum Gasteiger partial charge on any atom is 0.279 e. The molecule has 0 bridgehead atoms. The number of imidazole rings is 1. The fraction of sp³-hybridized carbons (Fsp3) is 0.750. The Morgan fingerprint density at radius 3 is 2.53 bits per heavy atom. The van der Waals surface area contributed by atoms with Gasteiger partial charge in [-0.05, 0) is 19.3 Å². The molecule has 0 amide bonds. The highest BCUT2D eigenvalue weighted by Crippen LogP contribution is 2.02. The summed E-state index contributed by atoms with van der Waals surface area (Å²) in [6, 6.07) is 0. The van der Waals surface area contributed by atoms with Crippen LogP contribution in [0.3, 0.4) is 0 Å². The molecule has 110 valence electrons. The molecule has 1 aromatic rings. The summed E-state index contributed by atoms with van der Waals surface area (Å²) in [5.41, 5.74) is 0. The topological polar surface area (TPSA) is 78.1 Å². The van der Waals surface area contributed by atoms with Crippen LogP contribution in [-0.2, 0) is 16.6 Å². The zero-order valence-electron chi connectivity index (χ0n) is 11.7. The van der Waals surface area contributed by atoms with Crippen molar-refractivity contribution in [3.63, 3.8) is 0 Å². The Morgan fingerprint density at radius 1 is 1.32 bits per heavy atom. The molecule has 0 aliphatic rings. The summed E-state index contributed by atoms with van der Waals surface area (Å²) < 4.78 is 28.3. The van der Waals surface area contributed by atoms with E-state index >= 15 is 0 Å². The predicted molar refractivity (Wildman–Crippen MR) is 76.0 cm³/mol. The standard InChI is InChI=1S/C12H24N4O2S/c1-3-10-16(11-4-2)19(17,18)15-7-5-6-12-13-8-9-14-12/h8-9,15H,3-7,10-11H2,1-2H3,(H,13,14). The van der Waals surface area contributed by atoms with E-state index in [1.807, 2.05) is 13.8 Å². The molecule has 6 nitrogen and oxygen atoms in total. The van der Waals surface area contributed by atoms with Crippen molar-refractivity contribution in [2.75, 3.05) is 19.6 Å². The van der Waals surface area contributed by atoms with Crippen LogP contribution in [0, 0.1) is 0 Å². The quantitative estimate of drug-likeness (QED) is 0.637. The molecule has 0 atom stereocenters. The second-order valence-corrected chi connectivity index (χ2v) is 6.19. The predicted octanol–water partition coefficient (Wildman–Crippen LogP) is 1.30. The van der Waals surface area contributed by atoms with Crippen LogP contribution in [0.25, 0.3) is 0 Å². The smallest absolute Gasteiger partial charge is 0.279 e. The summed E-state index contributed by atoms with van der Waals surface area (Å²) in [6.45, 7) is 5.54. The number of hydrogen-bond acceptors (Lipinski definition) is 3. The molecule has 0 fully saturated rings. The Bertz CT molecular complexity index is 425. The third-order valence-electron chi connectivity index (χ3n) is 2.72. The molecular weight excluding hydrogens is 264 g/mol. The van der Waals surface area contributed by atoms with Gasteiger partial charge in [0.15, 0.2) is 0 Å². The first-order valence-corrected chi connectivity index (χ1v) is 8.27. The zero-order chi connectivity index (χ0) is 14.1. The number of H-pyrrole nitrogens is 1. The number of hydrogen-bond donors (Lipinski definition) is 2. The summed E-state index contributed by atoms with van der Waals surface area (Å²) >= 11 is 0. The molecular formula is C12H24N4O2S. The van der Waals surface area contributed by atoms with Crippen molar-refractivity contribution in [2.24, 2.45) is 0 Å². The van der Waals surface area contributed by atoms with Crippen LogP contribution in [0.5, 0.6) is 0 Å². The van der Waals surface area contributed by atoms with Gasteiger partial charge in [0.05, 0.1) is 0 Å². The second kappa shape index (κ2) is 8.29. The lowest BCUT2D eigenvalue weighted by Crippen LogP contribution is -2.42. The lowest BCUT2D eigenvalue weighted by molar-refractivity contribution is 0.401. The second-order valence-electron chi connectivity index (χ2n) is 4.44. The number of nitrogens with zero attached hydrogens (tertiary/aromatic N) is 2. The van der Waals surface area contributed by atoms with Gasteiger partial charge in [-0.25, -0.2) is 9.71 Å². The van der Waals surface area contributed by atoms with E-state index < -0.39 is 10.2 Å². The minimum absolute atomic E-state index is 0.437. The van der Waals surface area contributed by atoms with Gasteiger partial charge >= 0.3 is 0 Å². The molecule has 19 heavy (non-hydrogen) atoms. The number of nitrogens with one attached hydrogen (secondary N) is 2. The molecule has 2 N–H and O–H groups in total. The molecule has 0 aromatic carbocycles. The first-order chi connectivity index (χ1) is 9.10. The zero-order valence-corrected chi connectivity index (χ0v) is 12.5. The molecule has 0 spiro atoms. The van der Waals surface area contributed by atoms with Crippen molar-refractivity contribution in [3.8, 4) is 0 Å². The summed E-state index contributed by atoms with van der Waals surface area (Å²) in [7, 11) is -3.34. The molecule has 0 aliphatic carbocycles. The molecule has 1 rings (SSSR count). The summed E-state index contributed by atoms with van der Waals surface area (Å²) in [4.78, 5) is 7.10. The van der Waals surface area contributed by atoms with Gasteiger partial charge in [0.25, 0.3) is 10.2 Å². The Morgan fingerprint density at radius 2 is 2.00 bits per heavy atom. The largest absolute Gasteiger partial charge is 0.349 e. The molecule has 0 radical (unpaired) electrons. The van der Waals surface area contributed by atoms with Crippen LogP contribution in [0.4, 0.5) is 0 Å². The van der Waals surface area contributed by atoms with E-state index in [0.717, 1.165) is 31.5 Å². The summed E-state index contributed by atoms with van der Waals surface area (Å²) in [6.07, 6.45) is 6.60. The van der Waals surface area contributed by atoms with Crippen molar-refractivity contribution in [1.29, 1.82) is 0 Å². The summed E-state index contributed by atoms with van der Waals surface area (Å²) in [5, 5.41) is 0. The lowest BCUT2D eigenvalue weighted by Gasteiger charge is -2.21. The average Bonchev–Trinajstić information content (AvgIpc) is 2.87. The van der Waals surface area contributed by atoms with E-state index in [4.69, 9.17) is 0 Å². The Labute approximate surface area is 115 Å². The number of aryl methyl sites for hydroxylation is 1. The van der Waals surface area contributed by atoms with Crippen molar-refractivity contribution in [3.05, 3.63) is 18.2 Å². The van der Waals surface area contributed by atoms with E-state index in [2.05, 4.69) is 14.7 Å². The van der Waals surface area contributed by atoms with Gasteiger partial charge in [0, 0.05) is 38.4 Å². The molecule has 1 aromatic heterocycles. The van der Waals surface area contributed by atoms with Gasteiger partial charge < -0.3 is 4.98 Å². The maximum atomic E-state index is 12.1. The van der Waals surface area contributed by atoms with Gasteiger partial charge in [-0.2, -0.15) is 12.7 Å². The average molecular weight is 288 g/mol. The molecule has 1 heterocycles. The highest BCUT2D eigenvalue weighted by atomic mass is 32.2. The van der Waals surface area contributed by atoms with E-state index in [9.17, 15) is 8.42 Å². The number of aromatic amines is 1. The lowest BCUT2D eigenvalue weighted by atomic mass is 10.3. The van der Waals surface area contributed by atoms with Crippen LogP contribution in [0.1, 0.15) is 38.9 Å². The molecule has 0 aliphatic heterocycles. The number of rotatable bonds is 10. The Kier molecular flexibility index (Phi) is 7.04. The third-order valence-corrected chi connectivity index (χ3v) is 4.33. The Balaban J connectivity index is 2.36. The van der Waals surface area contributed by atoms with Crippen LogP contribution in [0.15, 0.2) is 12.4 Å².